The number of nitrogens with zero attached hydrogens (tertiary/aromatic N) is 1. The van der Waals surface area contributed by atoms with Gasteiger partial charge in [0.1, 0.15) is 5.75 Å². The van der Waals surface area contributed by atoms with Crippen LogP contribution >= 0.6 is 0 Å². The van der Waals surface area contributed by atoms with E-state index in [4.69, 9.17) is 9.47 Å². The third-order valence-electron chi connectivity index (χ3n) is 3.70. The van der Waals surface area contributed by atoms with Gasteiger partial charge in [-0.25, -0.2) is 12.7 Å². The van der Waals surface area contributed by atoms with Gasteiger partial charge in [-0.15, -0.1) is 0 Å². The average molecular weight is 378 g/mol. The molecule has 1 N–H and O–H groups in total. The van der Waals surface area contributed by atoms with Crippen molar-refractivity contribution in [2.45, 2.75) is 11.5 Å². The van der Waals surface area contributed by atoms with E-state index in [1.54, 1.807) is 25.3 Å². The second-order valence-electron chi connectivity index (χ2n) is 5.74. The molecule has 0 bridgehead atoms. The first kappa shape index (κ1) is 19.9. The summed E-state index contributed by atoms with van der Waals surface area (Å²) in [6, 6.07) is 11.3. The first-order chi connectivity index (χ1) is 12.3. The van der Waals surface area contributed by atoms with Crippen LogP contribution in [0.15, 0.2) is 47.4 Å². The maximum atomic E-state index is 12.6. The maximum Gasteiger partial charge on any atom is 0.255 e. The molecule has 140 valence electrons. The Morgan fingerprint density at radius 2 is 1.85 bits per heavy atom. The minimum absolute atomic E-state index is 0.0618. The number of sulfonamides is 1. The van der Waals surface area contributed by atoms with Crippen LogP contribution < -0.4 is 10.1 Å². The highest BCUT2D eigenvalue weighted by atomic mass is 32.2. The number of hydrogen-bond donors (Lipinski definition) is 1. The molecule has 2 aromatic rings. The van der Waals surface area contributed by atoms with Gasteiger partial charge in [0, 0.05) is 26.8 Å². The van der Waals surface area contributed by atoms with Gasteiger partial charge in [-0.3, -0.25) is 4.79 Å². The largest absolute Gasteiger partial charge is 0.495 e. The van der Waals surface area contributed by atoms with Gasteiger partial charge in [-0.1, -0.05) is 12.1 Å². The molecule has 0 radical (unpaired) electrons. The molecule has 26 heavy (non-hydrogen) atoms. The first-order valence-electron chi connectivity index (χ1n) is 7.79. The number of methoxy groups -OCH3 is 2. The number of benzene rings is 2. The quantitative estimate of drug-likeness (QED) is 0.799. The van der Waals surface area contributed by atoms with Crippen LogP contribution in [-0.4, -0.2) is 46.9 Å². The Bertz CT molecular complexity index is 894. The summed E-state index contributed by atoms with van der Waals surface area (Å²) in [7, 11) is 2.28. The van der Waals surface area contributed by atoms with Crippen molar-refractivity contribution in [3.63, 3.8) is 0 Å². The van der Waals surface area contributed by atoms with Crippen molar-refractivity contribution < 1.29 is 22.7 Å². The molecule has 0 atom stereocenters. The molecule has 0 unspecified atom stereocenters. The molecule has 1 amide bonds. The minimum Gasteiger partial charge on any atom is -0.495 e. The molecule has 0 fully saturated rings. The van der Waals surface area contributed by atoms with Crippen LogP contribution in [0.2, 0.25) is 0 Å². The van der Waals surface area contributed by atoms with Crippen molar-refractivity contribution in [3.8, 4) is 5.75 Å². The van der Waals surface area contributed by atoms with Gasteiger partial charge in [0.25, 0.3) is 5.91 Å². The molecule has 7 nitrogen and oxygen atoms in total. The molecule has 0 saturated carbocycles. The normalized spacial score (nSPS) is 11.4. The average Bonchev–Trinajstić information content (AvgIpc) is 2.62. The predicted octanol–water partition coefficient (Wildman–Crippen LogP) is 2.34. The summed E-state index contributed by atoms with van der Waals surface area (Å²) in [6.45, 7) is 0.390. The highest BCUT2D eigenvalue weighted by Gasteiger charge is 2.20. The first-order valence-corrected chi connectivity index (χ1v) is 9.23. The third-order valence-corrected chi connectivity index (χ3v) is 5.51. The van der Waals surface area contributed by atoms with E-state index in [-0.39, 0.29) is 16.5 Å². The second-order valence-corrected chi connectivity index (χ2v) is 7.89. The number of carbonyl (C=O) groups excluding carboxylic acids is 1. The number of nitrogens with one attached hydrogen (secondary N) is 1. The molecule has 2 rings (SSSR count). The maximum absolute atomic E-state index is 12.6. The number of carbonyl (C=O) groups is 1. The lowest BCUT2D eigenvalue weighted by Gasteiger charge is -2.15. The molecule has 8 heteroatoms. The Labute approximate surface area is 153 Å². The molecular formula is C18H22N2O5S. The minimum atomic E-state index is -3.63. The SMILES string of the molecule is COCc1cccc(C(=O)Nc2cc(S(=O)(=O)N(C)C)ccc2OC)c1. The molecule has 0 aromatic heterocycles. The fourth-order valence-electron chi connectivity index (χ4n) is 2.32. The van der Waals surface area contributed by atoms with Gasteiger partial charge >= 0.3 is 0 Å². The zero-order chi connectivity index (χ0) is 19.3. The van der Waals surface area contributed by atoms with Gasteiger partial charge in [0.15, 0.2) is 0 Å². The monoisotopic (exact) mass is 378 g/mol. The standard InChI is InChI=1S/C18H22N2O5S/c1-20(2)26(22,23)15-8-9-17(25-4)16(11-15)19-18(21)14-7-5-6-13(10-14)12-24-3/h5-11H,12H2,1-4H3,(H,19,21). The highest BCUT2D eigenvalue weighted by Crippen LogP contribution is 2.29. The fourth-order valence-corrected chi connectivity index (χ4v) is 3.25. The molecule has 0 spiro atoms. The molecule has 0 saturated heterocycles. The number of anilines is 1. The molecule has 2 aromatic carbocycles. The van der Waals surface area contributed by atoms with Crippen molar-refractivity contribution >= 4 is 21.6 Å². The molecule has 0 heterocycles. The van der Waals surface area contributed by atoms with Crippen molar-refractivity contribution in [1.29, 1.82) is 0 Å². The zero-order valence-corrected chi connectivity index (χ0v) is 16.0. The third kappa shape index (κ3) is 4.40. The number of hydrogen-bond acceptors (Lipinski definition) is 5. The lowest BCUT2D eigenvalue weighted by Crippen LogP contribution is -2.22. The Kier molecular flexibility index (Phi) is 6.36. The topological polar surface area (TPSA) is 84.9 Å². The van der Waals surface area contributed by atoms with E-state index in [2.05, 4.69) is 5.32 Å². The van der Waals surface area contributed by atoms with E-state index in [1.807, 2.05) is 6.07 Å². The van der Waals surface area contributed by atoms with Crippen molar-refractivity contribution in [1.82, 2.24) is 4.31 Å². The smallest absolute Gasteiger partial charge is 0.255 e. The Morgan fingerprint density at radius 3 is 2.46 bits per heavy atom. The van der Waals surface area contributed by atoms with E-state index in [1.165, 1.54) is 39.4 Å². The Hall–Kier alpha value is -2.42. The highest BCUT2D eigenvalue weighted by molar-refractivity contribution is 7.89. The van der Waals surface area contributed by atoms with Crippen molar-refractivity contribution in [2.24, 2.45) is 0 Å². The lowest BCUT2D eigenvalue weighted by atomic mass is 10.1. The van der Waals surface area contributed by atoms with Crippen molar-refractivity contribution in [2.75, 3.05) is 33.6 Å². The summed E-state index contributed by atoms with van der Waals surface area (Å²) < 4.78 is 36.0. The molecular weight excluding hydrogens is 356 g/mol. The second kappa shape index (κ2) is 8.31. The van der Waals surface area contributed by atoms with E-state index < -0.39 is 10.0 Å². The van der Waals surface area contributed by atoms with Crippen LogP contribution in [-0.2, 0) is 21.4 Å². The Morgan fingerprint density at radius 1 is 1.12 bits per heavy atom. The van der Waals surface area contributed by atoms with Crippen LogP contribution in [0.4, 0.5) is 5.69 Å². The number of amides is 1. The number of ether oxygens (including phenoxy) is 2. The van der Waals surface area contributed by atoms with E-state index in [0.29, 0.717) is 17.9 Å². The van der Waals surface area contributed by atoms with Crippen LogP contribution in [0.1, 0.15) is 15.9 Å². The molecule has 0 aliphatic rings. The van der Waals surface area contributed by atoms with Gasteiger partial charge in [-0.05, 0) is 35.9 Å². The molecule has 0 aliphatic heterocycles. The van der Waals surface area contributed by atoms with Gasteiger partial charge in [-0.2, -0.15) is 0 Å². The fraction of sp³-hybridized carbons (Fsp3) is 0.278. The van der Waals surface area contributed by atoms with E-state index >= 15 is 0 Å². The van der Waals surface area contributed by atoms with Crippen LogP contribution in [0.25, 0.3) is 0 Å². The summed E-state index contributed by atoms with van der Waals surface area (Å²) in [5.74, 6) is -0.00948. The summed E-state index contributed by atoms with van der Waals surface area (Å²) in [6.07, 6.45) is 0. The number of rotatable bonds is 7. The van der Waals surface area contributed by atoms with Crippen LogP contribution in [0.3, 0.4) is 0 Å². The van der Waals surface area contributed by atoms with Crippen LogP contribution in [0, 0.1) is 0 Å². The van der Waals surface area contributed by atoms with Crippen LogP contribution in [0.5, 0.6) is 5.75 Å². The van der Waals surface area contributed by atoms with Crippen molar-refractivity contribution in [3.05, 3.63) is 53.6 Å². The lowest BCUT2D eigenvalue weighted by molar-refractivity contribution is 0.102. The summed E-state index contributed by atoms with van der Waals surface area (Å²) in [5.41, 5.74) is 1.57. The molecule has 0 aliphatic carbocycles. The van der Waals surface area contributed by atoms with Gasteiger partial charge in [0.05, 0.1) is 24.3 Å². The zero-order valence-electron chi connectivity index (χ0n) is 15.1. The van der Waals surface area contributed by atoms with Gasteiger partial charge in [0.2, 0.25) is 10.0 Å². The van der Waals surface area contributed by atoms with E-state index in [0.717, 1.165) is 9.87 Å². The predicted molar refractivity (Wildman–Crippen MR) is 99.0 cm³/mol. The summed E-state index contributed by atoms with van der Waals surface area (Å²) in [4.78, 5) is 12.6. The summed E-state index contributed by atoms with van der Waals surface area (Å²) >= 11 is 0. The summed E-state index contributed by atoms with van der Waals surface area (Å²) in [5, 5.41) is 2.71. The van der Waals surface area contributed by atoms with Gasteiger partial charge < -0.3 is 14.8 Å². The van der Waals surface area contributed by atoms with E-state index in [9.17, 15) is 13.2 Å². The Balaban J connectivity index is 2.36.